The molecule has 1 atom stereocenters. The van der Waals surface area contributed by atoms with Gasteiger partial charge in [0, 0.05) is 11.4 Å². The Morgan fingerprint density at radius 2 is 1.95 bits per heavy atom. The Balaban J connectivity index is 2.45. The molecular weight excluding hydrogens is 238 g/mol. The molecule has 19 heavy (non-hydrogen) atoms. The van der Waals surface area contributed by atoms with Gasteiger partial charge in [0.15, 0.2) is 0 Å². The number of nitrogens with zero attached hydrogens (tertiary/aromatic N) is 2. The molecule has 5 nitrogen and oxygen atoms in total. The Morgan fingerprint density at radius 3 is 2.58 bits per heavy atom. The third kappa shape index (κ3) is 2.93. The summed E-state index contributed by atoms with van der Waals surface area (Å²) in [6, 6.07) is 8.30. The molecule has 0 bridgehead atoms. The van der Waals surface area contributed by atoms with Crippen LogP contribution in [-0.4, -0.2) is 16.0 Å². The predicted molar refractivity (Wildman–Crippen MR) is 79.9 cm³/mol. The molecule has 1 aromatic heterocycles. The first-order valence-electron chi connectivity index (χ1n) is 6.65. The number of nitrogen functional groups attached to an aromatic ring is 1. The van der Waals surface area contributed by atoms with E-state index >= 15 is 0 Å². The van der Waals surface area contributed by atoms with Crippen LogP contribution < -0.4 is 16.6 Å². The standard InChI is InChI=1S/C14H21N5/c1-4-11(9(2)3)16-13-10-7-5-6-8-12(10)17-14(18-13)19-15/h5-9,11H,4,15H2,1-3H3,(H2,16,17,18,19). The van der Waals surface area contributed by atoms with E-state index in [0.717, 1.165) is 23.1 Å². The van der Waals surface area contributed by atoms with Crippen molar-refractivity contribution in [2.75, 3.05) is 10.7 Å². The molecule has 0 spiro atoms. The summed E-state index contributed by atoms with van der Waals surface area (Å²) in [5.74, 6) is 7.23. The number of aromatic nitrogens is 2. The van der Waals surface area contributed by atoms with Gasteiger partial charge < -0.3 is 5.32 Å². The van der Waals surface area contributed by atoms with E-state index in [1.165, 1.54) is 0 Å². The first-order valence-corrected chi connectivity index (χ1v) is 6.65. The zero-order chi connectivity index (χ0) is 13.8. The summed E-state index contributed by atoms with van der Waals surface area (Å²) in [5.41, 5.74) is 3.40. The second-order valence-corrected chi connectivity index (χ2v) is 4.96. The molecule has 5 heteroatoms. The summed E-state index contributed by atoms with van der Waals surface area (Å²) in [6.45, 7) is 6.57. The highest BCUT2D eigenvalue weighted by atomic mass is 15.3. The lowest BCUT2D eigenvalue weighted by Gasteiger charge is -2.22. The van der Waals surface area contributed by atoms with Crippen LogP contribution in [-0.2, 0) is 0 Å². The molecule has 0 aliphatic heterocycles. The molecular formula is C14H21N5. The van der Waals surface area contributed by atoms with Crippen molar-refractivity contribution in [3.8, 4) is 0 Å². The maximum Gasteiger partial charge on any atom is 0.239 e. The fourth-order valence-electron chi connectivity index (χ4n) is 2.17. The molecule has 1 heterocycles. The van der Waals surface area contributed by atoms with Crippen molar-refractivity contribution >= 4 is 22.7 Å². The average Bonchev–Trinajstić information content (AvgIpc) is 2.43. The minimum Gasteiger partial charge on any atom is -0.366 e. The summed E-state index contributed by atoms with van der Waals surface area (Å²) in [7, 11) is 0. The van der Waals surface area contributed by atoms with Crippen LogP contribution >= 0.6 is 0 Å². The Hall–Kier alpha value is -1.88. The van der Waals surface area contributed by atoms with E-state index in [2.05, 4.69) is 41.5 Å². The van der Waals surface area contributed by atoms with Gasteiger partial charge >= 0.3 is 0 Å². The number of hydrazine groups is 1. The van der Waals surface area contributed by atoms with Crippen molar-refractivity contribution in [3.05, 3.63) is 24.3 Å². The third-order valence-corrected chi connectivity index (χ3v) is 3.30. The number of para-hydroxylation sites is 1. The summed E-state index contributed by atoms with van der Waals surface area (Å²) in [6.07, 6.45) is 1.04. The van der Waals surface area contributed by atoms with Crippen LogP contribution in [0.3, 0.4) is 0 Å². The van der Waals surface area contributed by atoms with Crippen molar-refractivity contribution in [1.82, 2.24) is 9.97 Å². The first-order chi connectivity index (χ1) is 9.15. The highest BCUT2D eigenvalue weighted by Gasteiger charge is 2.14. The van der Waals surface area contributed by atoms with Gasteiger partial charge in [0.2, 0.25) is 5.95 Å². The van der Waals surface area contributed by atoms with E-state index < -0.39 is 0 Å². The largest absolute Gasteiger partial charge is 0.366 e. The van der Waals surface area contributed by atoms with Crippen molar-refractivity contribution < 1.29 is 0 Å². The zero-order valence-electron chi connectivity index (χ0n) is 11.6. The third-order valence-electron chi connectivity index (χ3n) is 3.30. The van der Waals surface area contributed by atoms with Crippen LogP contribution in [0, 0.1) is 5.92 Å². The Kier molecular flexibility index (Phi) is 4.16. The number of hydrogen-bond acceptors (Lipinski definition) is 5. The van der Waals surface area contributed by atoms with Crippen LogP contribution in [0.25, 0.3) is 10.9 Å². The van der Waals surface area contributed by atoms with Gasteiger partial charge in [0.1, 0.15) is 5.82 Å². The summed E-state index contributed by atoms with van der Waals surface area (Å²) in [5, 5.41) is 4.51. The van der Waals surface area contributed by atoms with Crippen molar-refractivity contribution in [2.24, 2.45) is 11.8 Å². The van der Waals surface area contributed by atoms with Crippen molar-refractivity contribution in [1.29, 1.82) is 0 Å². The number of nitrogens with one attached hydrogen (secondary N) is 2. The zero-order valence-corrected chi connectivity index (χ0v) is 11.6. The lowest BCUT2D eigenvalue weighted by atomic mass is 10.0. The van der Waals surface area contributed by atoms with Crippen LogP contribution in [0.2, 0.25) is 0 Å². The molecule has 102 valence electrons. The Bertz CT molecular complexity index is 553. The molecule has 2 aromatic rings. The molecule has 0 radical (unpaired) electrons. The topological polar surface area (TPSA) is 75.9 Å². The van der Waals surface area contributed by atoms with E-state index in [4.69, 9.17) is 5.84 Å². The monoisotopic (exact) mass is 259 g/mol. The fourth-order valence-corrected chi connectivity index (χ4v) is 2.17. The summed E-state index contributed by atoms with van der Waals surface area (Å²) < 4.78 is 0. The smallest absolute Gasteiger partial charge is 0.239 e. The number of rotatable bonds is 5. The highest BCUT2D eigenvalue weighted by Crippen LogP contribution is 2.23. The number of benzene rings is 1. The van der Waals surface area contributed by atoms with Gasteiger partial charge in [-0.25, -0.2) is 10.8 Å². The molecule has 0 aliphatic carbocycles. The molecule has 0 saturated carbocycles. The van der Waals surface area contributed by atoms with Crippen molar-refractivity contribution in [3.63, 3.8) is 0 Å². The predicted octanol–water partition coefficient (Wildman–Crippen LogP) is 2.76. The first kappa shape index (κ1) is 13.5. The molecule has 0 fully saturated rings. The van der Waals surface area contributed by atoms with Crippen LogP contribution in [0.5, 0.6) is 0 Å². The second-order valence-electron chi connectivity index (χ2n) is 4.96. The normalized spacial score (nSPS) is 12.7. The van der Waals surface area contributed by atoms with Crippen molar-refractivity contribution in [2.45, 2.75) is 33.2 Å². The molecule has 0 saturated heterocycles. The average molecular weight is 259 g/mol. The van der Waals surface area contributed by atoms with E-state index in [1.54, 1.807) is 0 Å². The minimum absolute atomic E-state index is 0.379. The Morgan fingerprint density at radius 1 is 1.21 bits per heavy atom. The minimum atomic E-state index is 0.379. The number of hydrogen-bond donors (Lipinski definition) is 3. The fraction of sp³-hybridized carbons (Fsp3) is 0.429. The van der Waals surface area contributed by atoms with Crippen LogP contribution in [0.4, 0.5) is 11.8 Å². The maximum atomic E-state index is 5.43. The molecule has 4 N–H and O–H groups in total. The lowest BCUT2D eigenvalue weighted by Crippen LogP contribution is -2.25. The van der Waals surface area contributed by atoms with Gasteiger partial charge in [0.05, 0.1) is 5.52 Å². The quantitative estimate of drug-likeness (QED) is 0.568. The molecule has 1 aromatic carbocycles. The van der Waals surface area contributed by atoms with Crippen LogP contribution in [0.15, 0.2) is 24.3 Å². The number of fused-ring (bicyclic) bond motifs is 1. The maximum absolute atomic E-state index is 5.43. The van der Waals surface area contributed by atoms with Gasteiger partial charge in [-0.15, -0.1) is 0 Å². The van der Waals surface area contributed by atoms with E-state index in [0.29, 0.717) is 17.9 Å². The summed E-state index contributed by atoms with van der Waals surface area (Å²) in [4.78, 5) is 8.78. The van der Waals surface area contributed by atoms with E-state index in [1.807, 2.05) is 24.3 Å². The number of nitrogens with two attached hydrogens (primary N) is 1. The second kappa shape index (κ2) is 5.84. The summed E-state index contributed by atoms with van der Waals surface area (Å²) >= 11 is 0. The Labute approximate surface area is 113 Å². The van der Waals surface area contributed by atoms with Gasteiger partial charge in [0.25, 0.3) is 0 Å². The van der Waals surface area contributed by atoms with Gasteiger partial charge in [-0.05, 0) is 24.5 Å². The van der Waals surface area contributed by atoms with Crippen LogP contribution in [0.1, 0.15) is 27.2 Å². The molecule has 0 amide bonds. The van der Waals surface area contributed by atoms with E-state index in [9.17, 15) is 0 Å². The number of anilines is 2. The molecule has 0 aliphatic rings. The van der Waals surface area contributed by atoms with Gasteiger partial charge in [-0.2, -0.15) is 4.98 Å². The SMILES string of the molecule is CCC(Nc1nc(NN)nc2ccccc12)C(C)C. The molecule has 1 unspecified atom stereocenters. The van der Waals surface area contributed by atoms with Gasteiger partial charge in [-0.3, -0.25) is 5.43 Å². The lowest BCUT2D eigenvalue weighted by molar-refractivity contribution is 0.510. The highest BCUT2D eigenvalue weighted by molar-refractivity contribution is 5.90. The van der Waals surface area contributed by atoms with E-state index in [-0.39, 0.29) is 0 Å². The van der Waals surface area contributed by atoms with Gasteiger partial charge in [-0.1, -0.05) is 32.9 Å². The molecule has 2 rings (SSSR count).